The summed E-state index contributed by atoms with van der Waals surface area (Å²) in [7, 11) is 0. The second-order valence-corrected chi connectivity index (χ2v) is 7.41. The minimum atomic E-state index is -0.620. The van der Waals surface area contributed by atoms with Crippen molar-refractivity contribution >= 4 is 22.9 Å². The molecule has 3 aromatic rings. The number of nitrogens with zero attached hydrogens (tertiary/aromatic N) is 2. The third-order valence-corrected chi connectivity index (χ3v) is 5.26. The lowest BCUT2D eigenvalue weighted by atomic mass is 10.1. The quantitative estimate of drug-likeness (QED) is 0.591. The summed E-state index contributed by atoms with van der Waals surface area (Å²) >= 11 is 0. The van der Waals surface area contributed by atoms with Crippen LogP contribution in [0.4, 0.5) is 0 Å². The Morgan fingerprint density at radius 3 is 2.48 bits per heavy atom. The Morgan fingerprint density at radius 1 is 1.13 bits per heavy atom. The molecule has 7 heteroatoms. The molecule has 0 radical (unpaired) electrons. The standard InChI is InChI=1S/C24H27N3O4/c1-5-17-7-9-18(10-8-17)15(3)26-22(28)14-31-24(30)19-11-12-21-20(13-19)25-16(4)23(29)27(21)6-2/h7-13,15H,5-6,14H2,1-4H3,(H,26,28)/t15-/m0/s1. The number of carbonyl (C=O) groups is 2. The number of hydrogen-bond acceptors (Lipinski definition) is 5. The number of ether oxygens (including phenoxy) is 1. The number of fused-ring (bicyclic) bond motifs is 1. The highest BCUT2D eigenvalue weighted by Gasteiger charge is 2.15. The molecule has 3 rings (SSSR count). The second kappa shape index (κ2) is 9.55. The molecule has 31 heavy (non-hydrogen) atoms. The number of aryl methyl sites for hydroxylation is 3. The lowest BCUT2D eigenvalue weighted by molar-refractivity contribution is -0.124. The van der Waals surface area contributed by atoms with Crippen molar-refractivity contribution in [1.29, 1.82) is 0 Å². The van der Waals surface area contributed by atoms with Gasteiger partial charge < -0.3 is 14.6 Å². The summed E-state index contributed by atoms with van der Waals surface area (Å²) in [5.74, 6) is -0.999. The van der Waals surface area contributed by atoms with E-state index in [9.17, 15) is 14.4 Å². The van der Waals surface area contributed by atoms with Crippen molar-refractivity contribution in [3.63, 3.8) is 0 Å². The van der Waals surface area contributed by atoms with Gasteiger partial charge in [0.1, 0.15) is 5.69 Å². The molecule has 1 aromatic heterocycles. The van der Waals surface area contributed by atoms with E-state index in [2.05, 4.69) is 17.2 Å². The lowest BCUT2D eigenvalue weighted by Crippen LogP contribution is -2.31. The number of benzene rings is 2. The van der Waals surface area contributed by atoms with E-state index in [1.54, 1.807) is 29.7 Å². The maximum absolute atomic E-state index is 12.4. The summed E-state index contributed by atoms with van der Waals surface area (Å²) < 4.78 is 6.78. The molecule has 1 amide bonds. The smallest absolute Gasteiger partial charge is 0.338 e. The molecule has 0 saturated heterocycles. The van der Waals surface area contributed by atoms with Gasteiger partial charge in [-0.05, 0) is 56.5 Å². The number of amides is 1. The van der Waals surface area contributed by atoms with Gasteiger partial charge in [-0.15, -0.1) is 0 Å². The van der Waals surface area contributed by atoms with Crippen molar-refractivity contribution in [1.82, 2.24) is 14.9 Å². The maximum Gasteiger partial charge on any atom is 0.338 e. The summed E-state index contributed by atoms with van der Waals surface area (Å²) in [5.41, 5.74) is 3.87. The second-order valence-electron chi connectivity index (χ2n) is 7.41. The summed E-state index contributed by atoms with van der Waals surface area (Å²) in [6.45, 7) is 7.60. The predicted octanol–water partition coefficient (Wildman–Crippen LogP) is 3.32. The maximum atomic E-state index is 12.4. The van der Waals surface area contributed by atoms with Crippen LogP contribution in [-0.4, -0.2) is 28.0 Å². The zero-order valence-corrected chi connectivity index (χ0v) is 18.3. The third-order valence-electron chi connectivity index (χ3n) is 5.26. The van der Waals surface area contributed by atoms with E-state index < -0.39 is 5.97 Å². The Morgan fingerprint density at radius 2 is 1.84 bits per heavy atom. The van der Waals surface area contributed by atoms with Crippen molar-refractivity contribution in [3.8, 4) is 0 Å². The zero-order valence-electron chi connectivity index (χ0n) is 18.3. The molecule has 0 aliphatic heterocycles. The van der Waals surface area contributed by atoms with Gasteiger partial charge >= 0.3 is 5.97 Å². The van der Waals surface area contributed by atoms with Crippen LogP contribution in [0.3, 0.4) is 0 Å². The van der Waals surface area contributed by atoms with Crippen LogP contribution in [0, 0.1) is 6.92 Å². The fourth-order valence-electron chi connectivity index (χ4n) is 3.44. The van der Waals surface area contributed by atoms with Gasteiger partial charge in [-0.25, -0.2) is 9.78 Å². The Kier molecular flexibility index (Phi) is 6.84. The lowest BCUT2D eigenvalue weighted by Gasteiger charge is -2.15. The molecule has 2 aromatic carbocycles. The highest BCUT2D eigenvalue weighted by atomic mass is 16.5. The van der Waals surface area contributed by atoms with Gasteiger partial charge in [0.05, 0.1) is 22.6 Å². The molecule has 1 heterocycles. The Balaban J connectivity index is 1.64. The zero-order chi connectivity index (χ0) is 22.5. The Labute approximate surface area is 181 Å². The van der Waals surface area contributed by atoms with E-state index in [4.69, 9.17) is 4.74 Å². The average molecular weight is 421 g/mol. The number of carbonyl (C=O) groups excluding carboxylic acids is 2. The fraction of sp³-hybridized carbons (Fsp3) is 0.333. The average Bonchev–Trinajstić information content (AvgIpc) is 2.78. The molecule has 1 N–H and O–H groups in total. The van der Waals surface area contributed by atoms with Crippen LogP contribution in [-0.2, 0) is 22.5 Å². The molecule has 0 fully saturated rings. The van der Waals surface area contributed by atoms with Crippen LogP contribution in [0.25, 0.3) is 11.0 Å². The first-order valence-corrected chi connectivity index (χ1v) is 10.4. The van der Waals surface area contributed by atoms with Crippen molar-refractivity contribution < 1.29 is 14.3 Å². The molecule has 162 valence electrons. The van der Waals surface area contributed by atoms with Crippen molar-refractivity contribution in [2.45, 2.75) is 46.7 Å². The van der Waals surface area contributed by atoms with Gasteiger partial charge in [-0.1, -0.05) is 31.2 Å². The molecule has 1 atom stereocenters. The largest absolute Gasteiger partial charge is 0.452 e. The van der Waals surface area contributed by atoms with Crippen molar-refractivity contribution in [3.05, 3.63) is 75.2 Å². The van der Waals surface area contributed by atoms with Crippen LogP contribution in [0.1, 0.15) is 54.0 Å². The third kappa shape index (κ3) is 4.99. The van der Waals surface area contributed by atoms with Crippen molar-refractivity contribution in [2.24, 2.45) is 0 Å². The summed E-state index contributed by atoms with van der Waals surface area (Å²) in [5, 5.41) is 2.83. The van der Waals surface area contributed by atoms with E-state index in [-0.39, 0.29) is 29.7 Å². The number of esters is 1. The van der Waals surface area contributed by atoms with Gasteiger partial charge in [0.2, 0.25) is 0 Å². The topological polar surface area (TPSA) is 90.3 Å². The number of nitrogens with one attached hydrogen (secondary N) is 1. The highest BCUT2D eigenvalue weighted by Crippen LogP contribution is 2.15. The van der Waals surface area contributed by atoms with Crippen LogP contribution >= 0.6 is 0 Å². The first-order chi connectivity index (χ1) is 14.8. The molecule has 0 unspecified atom stereocenters. The minimum Gasteiger partial charge on any atom is -0.452 e. The first-order valence-electron chi connectivity index (χ1n) is 10.4. The van der Waals surface area contributed by atoms with Gasteiger partial charge in [-0.3, -0.25) is 9.59 Å². The van der Waals surface area contributed by atoms with E-state index in [0.717, 1.165) is 12.0 Å². The molecule has 0 saturated carbocycles. The van der Waals surface area contributed by atoms with Gasteiger partial charge in [-0.2, -0.15) is 0 Å². The van der Waals surface area contributed by atoms with Crippen LogP contribution < -0.4 is 10.9 Å². The van der Waals surface area contributed by atoms with E-state index >= 15 is 0 Å². The normalized spacial score (nSPS) is 11.9. The van der Waals surface area contributed by atoms with E-state index in [0.29, 0.717) is 23.3 Å². The SMILES string of the molecule is CCc1ccc([C@H](C)NC(=O)COC(=O)c2ccc3c(c2)nc(C)c(=O)n3CC)cc1. The van der Waals surface area contributed by atoms with E-state index in [1.807, 2.05) is 38.1 Å². The van der Waals surface area contributed by atoms with Crippen LogP contribution in [0.15, 0.2) is 47.3 Å². The minimum absolute atomic E-state index is 0.152. The summed E-state index contributed by atoms with van der Waals surface area (Å²) in [4.78, 5) is 41.1. The molecule has 7 nitrogen and oxygen atoms in total. The van der Waals surface area contributed by atoms with E-state index in [1.165, 1.54) is 5.56 Å². The predicted molar refractivity (Wildman–Crippen MR) is 119 cm³/mol. The molecular weight excluding hydrogens is 394 g/mol. The Bertz CT molecular complexity index is 1170. The number of hydrogen-bond donors (Lipinski definition) is 1. The molecule has 0 bridgehead atoms. The number of rotatable bonds is 7. The Hall–Kier alpha value is -3.48. The molecule has 0 aliphatic rings. The summed E-state index contributed by atoms with van der Waals surface area (Å²) in [6, 6.07) is 12.7. The fourth-order valence-corrected chi connectivity index (χ4v) is 3.44. The van der Waals surface area contributed by atoms with Crippen LogP contribution in [0.5, 0.6) is 0 Å². The number of aromatic nitrogens is 2. The summed E-state index contributed by atoms with van der Waals surface area (Å²) in [6.07, 6.45) is 0.956. The molecule has 0 spiro atoms. The van der Waals surface area contributed by atoms with Gasteiger partial charge in [0.25, 0.3) is 11.5 Å². The van der Waals surface area contributed by atoms with Crippen LogP contribution in [0.2, 0.25) is 0 Å². The van der Waals surface area contributed by atoms with Gasteiger partial charge in [0.15, 0.2) is 6.61 Å². The highest BCUT2D eigenvalue weighted by molar-refractivity contribution is 5.94. The molecular formula is C24H27N3O4. The first kappa shape index (κ1) is 22.2. The van der Waals surface area contributed by atoms with Crippen molar-refractivity contribution in [2.75, 3.05) is 6.61 Å². The van der Waals surface area contributed by atoms with Gasteiger partial charge in [0, 0.05) is 6.54 Å². The molecule has 0 aliphatic carbocycles. The monoisotopic (exact) mass is 421 g/mol.